The summed E-state index contributed by atoms with van der Waals surface area (Å²) in [6.45, 7) is 0. The molecule has 1 amide bonds. The summed E-state index contributed by atoms with van der Waals surface area (Å²) in [5.41, 5.74) is 9.66. The Morgan fingerprint density at radius 2 is 2.05 bits per heavy atom. The normalized spacial score (nSPS) is 9.95. The molecule has 0 aliphatic heterocycles. The van der Waals surface area contributed by atoms with Gasteiger partial charge in [-0.05, 0) is 12.1 Å². The highest BCUT2D eigenvalue weighted by Crippen LogP contribution is 2.25. The van der Waals surface area contributed by atoms with Gasteiger partial charge in [-0.15, -0.1) is 0 Å². The molecule has 0 unspecified atom stereocenters. The lowest BCUT2D eigenvalue weighted by Crippen LogP contribution is -2.30. The lowest BCUT2D eigenvalue weighted by molar-refractivity contribution is -0.383. The summed E-state index contributed by atoms with van der Waals surface area (Å²) in [6, 6.07) is 6.35. The summed E-state index contributed by atoms with van der Waals surface area (Å²) in [5.74, 6) is -1.12. The summed E-state index contributed by atoms with van der Waals surface area (Å²) in [6.07, 6.45) is 1.03. The zero-order valence-corrected chi connectivity index (χ0v) is 11.2. The van der Waals surface area contributed by atoms with Gasteiger partial charge in [0.05, 0.1) is 15.5 Å². The molecule has 21 heavy (non-hydrogen) atoms. The molecule has 10 heteroatoms. The number of aromatic nitrogens is 2. The predicted molar refractivity (Wildman–Crippen MR) is 75.6 cm³/mol. The largest absolute Gasteiger partial charge is 0.378 e. The zero-order chi connectivity index (χ0) is 15.4. The Morgan fingerprint density at radius 3 is 2.71 bits per heavy atom. The first-order valence-corrected chi connectivity index (χ1v) is 5.94. The number of carbonyl (C=O) groups excluding carboxylic acids is 1. The molecule has 108 valence electrons. The van der Waals surface area contributed by atoms with E-state index in [0.717, 1.165) is 6.33 Å². The van der Waals surface area contributed by atoms with Crippen LogP contribution in [0.1, 0.15) is 10.4 Å². The van der Waals surface area contributed by atoms with E-state index in [-0.39, 0.29) is 22.2 Å². The molecule has 9 nitrogen and oxygen atoms in total. The third-order valence-corrected chi connectivity index (χ3v) is 2.78. The molecule has 0 bridgehead atoms. The number of carbonyl (C=O) groups is 1. The molecule has 0 fully saturated rings. The number of hydrogen-bond donors (Lipinski definition) is 3. The molecule has 0 saturated heterocycles. The zero-order valence-electron chi connectivity index (χ0n) is 10.4. The number of nitrogens with zero attached hydrogens (tertiary/aromatic N) is 3. The first-order valence-electron chi connectivity index (χ1n) is 5.56. The van der Waals surface area contributed by atoms with Gasteiger partial charge in [-0.2, -0.15) is 0 Å². The van der Waals surface area contributed by atoms with Crippen LogP contribution in [0.25, 0.3) is 0 Å². The van der Waals surface area contributed by atoms with E-state index in [1.807, 2.05) is 0 Å². The third-order valence-electron chi connectivity index (χ3n) is 2.45. The van der Waals surface area contributed by atoms with Gasteiger partial charge in [0.25, 0.3) is 5.91 Å². The third kappa shape index (κ3) is 3.15. The average molecular weight is 309 g/mol. The van der Waals surface area contributed by atoms with Gasteiger partial charge in [0.2, 0.25) is 11.6 Å². The summed E-state index contributed by atoms with van der Waals surface area (Å²) >= 11 is 5.87. The Balaban J connectivity index is 2.18. The lowest BCUT2D eigenvalue weighted by Gasteiger charge is -2.09. The molecule has 4 N–H and O–H groups in total. The molecular formula is C11H9ClN6O3. The van der Waals surface area contributed by atoms with Gasteiger partial charge < -0.3 is 5.73 Å². The van der Waals surface area contributed by atoms with E-state index < -0.39 is 16.5 Å². The van der Waals surface area contributed by atoms with E-state index in [0.29, 0.717) is 0 Å². The summed E-state index contributed by atoms with van der Waals surface area (Å²) in [4.78, 5) is 29.2. The molecule has 0 atom stereocenters. The fourth-order valence-electron chi connectivity index (χ4n) is 1.49. The van der Waals surface area contributed by atoms with Crippen LogP contribution in [0.2, 0.25) is 5.02 Å². The molecule has 2 rings (SSSR count). The number of anilines is 2. The second kappa shape index (κ2) is 6.01. The standard InChI is InChI=1S/C11H9ClN6O3/c12-7-4-2-1-3-6(7)11(19)17-16-10-8(18(20)21)9(13)14-5-15-10/h1-5H,(H,17,19)(H3,13,14,15,16). The van der Waals surface area contributed by atoms with Crippen LogP contribution in [0.5, 0.6) is 0 Å². The fourth-order valence-corrected chi connectivity index (χ4v) is 1.71. The van der Waals surface area contributed by atoms with Gasteiger partial charge in [0, 0.05) is 0 Å². The SMILES string of the molecule is Nc1ncnc(NNC(=O)c2ccccc2Cl)c1[N+](=O)[O-]. The van der Waals surface area contributed by atoms with Crippen LogP contribution < -0.4 is 16.6 Å². The van der Waals surface area contributed by atoms with Crippen molar-refractivity contribution in [3.8, 4) is 0 Å². The van der Waals surface area contributed by atoms with Gasteiger partial charge in [0.1, 0.15) is 6.33 Å². The molecule has 0 aliphatic carbocycles. The van der Waals surface area contributed by atoms with Gasteiger partial charge in [-0.1, -0.05) is 23.7 Å². The lowest BCUT2D eigenvalue weighted by atomic mass is 10.2. The highest BCUT2D eigenvalue weighted by molar-refractivity contribution is 6.33. The number of amides is 1. The first-order chi connectivity index (χ1) is 10.0. The molecule has 1 heterocycles. The smallest absolute Gasteiger partial charge is 0.354 e. The van der Waals surface area contributed by atoms with Gasteiger partial charge in [0.15, 0.2) is 0 Å². The number of nitrogens with one attached hydrogen (secondary N) is 2. The number of hydrazine groups is 1. The van der Waals surface area contributed by atoms with Crippen molar-refractivity contribution in [2.45, 2.75) is 0 Å². The molecule has 2 aromatic rings. The number of benzene rings is 1. The van der Waals surface area contributed by atoms with Gasteiger partial charge in [-0.25, -0.2) is 9.97 Å². The quantitative estimate of drug-likeness (QED) is 0.573. The number of halogens is 1. The van der Waals surface area contributed by atoms with Crippen molar-refractivity contribution in [3.05, 3.63) is 51.3 Å². The Labute approximate surface area is 123 Å². The van der Waals surface area contributed by atoms with E-state index in [9.17, 15) is 14.9 Å². The molecule has 0 spiro atoms. The topological polar surface area (TPSA) is 136 Å². The number of nitro groups is 1. The Bertz CT molecular complexity index is 708. The maximum Gasteiger partial charge on any atom is 0.354 e. The summed E-state index contributed by atoms with van der Waals surface area (Å²) in [7, 11) is 0. The second-order valence-electron chi connectivity index (χ2n) is 3.77. The average Bonchev–Trinajstić information content (AvgIpc) is 2.44. The van der Waals surface area contributed by atoms with Crippen molar-refractivity contribution >= 4 is 34.8 Å². The van der Waals surface area contributed by atoms with Crippen molar-refractivity contribution in [3.63, 3.8) is 0 Å². The van der Waals surface area contributed by atoms with Crippen molar-refractivity contribution in [2.24, 2.45) is 0 Å². The molecule has 1 aromatic carbocycles. The monoisotopic (exact) mass is 308 g/mol. The maximum atomic E-state index is 11.9. The number of nitrogens with two attached hydrogens (primary N) is 1. The van der Waals surface area contributed by atoms with Crippen molar-refractivity contribution < 1.29 is 9.72 Å². The van der Waals surface area contributed by atoms with Crippen LogP contribution in [0.4, 0.5) is 17.3 Å². The Hall–Kier alpha value is -2.94. The summed E-state index contributed by atoms with van der Waals surface area (Å²) < 4.78 is 0. The molecule has 0 radical (unpaired) electrons. The number of hydrogen-bond acceptors (Lipinski definition) is 7. The predicted octanol–water partition coefficient (Wildman–Crippen LogP) is 1.38. The van der Waals surface area contributed by atoms with E-state index in [2.05, 4.69) is 20.8 Å². The molecule has 0 aliphatic rings. The number of rotatable bonds is 4. The minimum absolute atomic E-state index is 0.205. The minimum Gasteiger partial charge on any atom is -0.378 e. The van der Waals surface area contributed by atoms with Gasteiger partial charge >= 0.3 is 5.69 Å². The van der Waals surface area contributed by atoms with Crippen LogP contribution in [0.3, 0.4) is 0 Å². The Morgan fingerprint density at radius 1 is 1.33 bits per heavy atom. The van der Waals surface area contributed by atoms with Crippen LogP contribution in [0.15, 0.2) is 30.6 Å². The fraction of sp³-hybridized carbons (Fsp3) is 0. The van der Waals surface area contributed by atoms with Gasteiger partial charge in [-0.3, -0.25) is 25.8 Å². The molecule has 1 aromatic heterocycles. The first kappa shape index (κ1) is 14.5. The van der Waals surface area contributed by atoms with E-state index in [1.54, 1.807) is 18.2 Å². The maximum absolute atomic E-state index is 11.9. The van der Waals surface area contributed by atoms with Crippen LogP contribution >= 0.6 is 11.6 Å². The highest BCUT2D eigenvalue weighted by atomic mass is 35.5. The van der Waals surface area contributed by atoms with Crippen LogP contribution in [-0.2, 0) is 0 Å². The minimum atomic E-state index is -0.751. The number of nitrogen functional groups attached to an aromatic ring is 1. The van der Waals surface area contributed by atoms with Crippen LogP contribution in [-0.4, -0.2) is 20.8 Å². The molecule has 0 saturated carbocycles. The van der Waals surface area contributed by atoms with Crippen molar-refractivity contribution in [2.75, 3.05) is 11.2 Å². The summed E-state index contributed by atoms with van der Waals surface area (Å²) in [5, 5.41) is 11.1. The van der Waals surface area contributed by atoms with E-state index in [1.165, 1.54) is 6.07 Å². The van der Waals surface area contributed by atoms with Crippen molar-refractivity contribution in [1.82, 2.24) is 15.4 Å². The van der Waals surface area contributed by atoms with Crippen molar-refractivity contribution in [1.29, 1.82) is 0 Å². The molecular weight excluding hydrogens is 300 g/mol. The Kier molecular flexibility index (Phi) is 4.14. The second-order valence-corrected chi connectivity index (χ2v) is 4.18. The van der Waals surface area contributed by atoms with Crippen LogP contribution in [0, 0.1) is 10.1 Å². The van der Waals surface area contributed by atoms with E-state index in [4.69, 9.17) is 17.3 Å². The van der Waals surface area contributed by atoms with E-state index >= 15 is 0 Å². The highest BCUT2D eigenvalue weighted by Gasteiger charge is 2.21.